The molecule has 0 saturated heterocycles. The number of ether oxygens (including phenoxy) is 1. The number of nitrogens with zero attached hydrogens (tertiary/aromatic N) is 3. The Morgan fingerprint density at radius 1 is 1.27 bits per heavy atom. The highest BCUT2D eigenvalue weighted by molar-refractivity contribution is 9.10. The van der Waals surface area contributed by atoms with E-state index in [0.29, 0.717) is 11.4 Å². The average Bonchev–Trinajstić information content (AvgIpc) is 3.22. The highest BCUT2D eigenvalue weighted by Gasteiger charge is 2.20. The number of rotatable bonds is 5. The molecule has 9 heteroatoms. The minimum Gasteiger partial charge on any atom is -0.539 e. The zero-order chi connectivity index (χ0) is 18.1. The van der Waals surface area contributed by atoms with E-state index >= 15 is 0 Å². The quantitative estimate of drug-likeness (QED) is 0.487. The third-order valence-corrected chi connectivity index (χ3v) is 5.24. The van der Waals surface area contributed by atoms with E-state index in [0.717, 1.165) is 25.6 Å². The summed E-state index contributed by atoms with van der Waals surface area (Å²) in [6.07, 6.45) is 0. The van der Waals surface area contributed by atoms with E-state index < -0.39 is 5.95 Å². The van der Waals surface area contributed by atoms with Crippen molar-refractivity contribution in [1.82, 2.24) is 10.3 Å². The lowest BCUT2D eigenvalue weighted by molar-refractivity contribution is -0.677. The highest BCUT2D eigenvalue weighted by Crippen LogP contribution is 2.29. The minimum atomic E-state index is -0.489. The van der Waals surface area contributed by atoms with Crippen LogP contribution >= 0.6 is 27.3 Å². The van der Waals surface area contributed by atoms with Crippen LogP contribution in [0.4, 0.5) is 5.13 Å². The fourth-order valence-corrected chi connectivity index (χ4v) is 3.89. The summed E-state index contributed by atoms with van der Waals surface area (Å²) >= 11 is 4.97. The van der Waals surface area contributed by atoms with E-state index in [1.54, 1.807) is 31.4 Å². The van der Waals surface area contributed by atoms with E-state index in [4.69, 9.17) is 9.26 Å². The van der Waals surface area contributed by atoms with Gasteiger partial charge >= 0.3 is 0 Å². The van der Waals surface area contributed by atoms with Crippen molar-refractivity contribution in [1.29, 1.82) is 0 Å². The lowest BCUT2D eigenvalue weighted by atomic mass is 10.3. The normalized spacial score (nSPS) is 11.0. The van der Waals surface area contributed by atoms with Crippen LogP contribution in [0.1, 0.15) is 5.69 Å². The van der Waals surface area contributed by atoms with Gasteiger partial charge in [0.1, 0.15) is 12.3 Å². The number of aromatic nitrogens is 3. The monoisotopic (exact) mass is 432 g/mol. The maximum absolute atomic E-state index is 12.0. The molecular weight excluding hydrogens is 420 g/mol. The van der Waals surface area contributed by atoms with Crippen LogP contribution in [0, 0.1) is 0 Å². The van der Waals surface area contributed by atoms with E-state index in [1.165, 1.54) is 16.0 Å². The van der Waals surface area contributed by atoms with Gasteiger partial charge in [-0.25, -0.2) is 4.98 Å². The first-order valence-electron chi connectivity index (χ1n) is 7.66. The number of thiazole rings is 1. The van der Waals surface area contributed by atoms with Gasteiger partial charge in [-0.3, -0.25) is 0 Å². The van der Waals surface area contributed by atoms with Crippen molar-refractivity contribution in [2.24, 2.45) is 0 Å². The molecule has 4 aromatic rings. The van der Waals surface area contributed by atoms with Crippen LogP contribution in [0.15, 0.2) is 51.5 Å². The van der Waals surface area contributed by atoms with Crippen LogP contribution in [-0.2, 0) is 6.54 Å². The van der Waals surface area contributed by atoms with Gasteiger partial charge in [0.25, 0.3) is 5.69 Å². The summed E-state index contributed by atoms with van der Waals surface area (Å²) in [5.41, 5.74) is 1.99. The zero-order valence-corrected chi connectivity index (χ0v) is 16.0. The van der Waals surface area contributed by atoms with Crippen molar-refractivity contribution < 1.29 is 19.0 Å². The molecule has 2 aromatic carbocycles. The second-order valence-corrected chi connectivity index (χ2v) is 7.35. The number of hydrogen-bond donors (Lipinski definition) is 1. The van der Waals surface area contributed by atoms with Gasteiger partial charge in [-0.2, -0.15) is 0 Å². The van der Waals surface area contributed by atoms with Gasteiger partial charge in [0.15, 0.2) is 11.1 Å². The van der Waals surface area contributed by atoms with Gasteiger partial charge in [-0.15, -0.1) is 0 Å². The minimum absolute atomic E-state index is 0.245. The first kappa shape index (κ1) is 16.8. The van der Waals surface area contributed by atoms with Crippen LogP contribution in [0.25, 0.3) is 15.9 Å². The number of halogens is 1. The van der Waals surface area contributed by atoms with Crippen molar-refractivity contribution in [3.63, 3.8) is 0 Å². The summed E-state index contributed by atoms with van der Waals surface area (Å²) in [6, 6.07) is 13.1. The zero-order valence-electron chi connectivity index (χ0n) is 13.6. The maximum atomic E-state index is 12.0. The van der Waals surface area contributed by atoms with Crippen molar-refractivity contribution in [2.75, 3.05) is 12.4 Å². The molecule has 0 aliphatic rings. The second kappa shape index (κ2) is 6.93. The summed E-state index contributed by atoms with van der Waals surface area (Å²) < 4.78 is 13.5. The molecule has 2 heterocycles. The van der Waals surface area contributed by atoms with Crippen LogP contribution in [0.2, 0.25) is 0 Å². The summed E-state index contributed by atoms with van der Waals surface area (Å²) in [5, 5.41) is 19.8. The first-order valence-corrected chi connectivity index (χ1v) is 9.27. The van der Waals surface area contributed by atoms with Gasteiger partial charge in [0.05, 0.1) is 22.6 Å². The first-order chi connectivity index (χ1) is 12.6. The van der Waals surface area contributed by atoms with E-state index in [1.807, 2.05) is 18.2 Å². The predicted molar refractivity (Wildman–Crippen MR) is 98.7 cm³/mol. The molecule has 2 aromatic heterocycles. The molecule has 0 saturated carbocycles. The number of benzene rings is 2. The third-order valence-electron chi connectivity index (χ3n) is 3.77. The molecule has 0 aliphatic heterocycles. The van der Waals surface area contributed by atoms with Crippen molar-refractivity contribution in [3.05, 3.63) is 52.6 Å². The molecule has 0 unspecified atom stereocenters. The largest absolute Gasteiger partial charge is 0.539 e. The Morgan fingerprint density at radius 3 is 2.85 bits per heavy atom. The molecule has 0 radical (unpaired) electrons. The Bertz CT molecular complexity index is 1060. The van der Waals surface area contributed by atoms with Crippen LogP contribution in [-0.4, -0.2) is 17.4 Å². The molecule has 26 heavy (non-hydrogen) atoms. The molecule has 1 N–H and O–H groups in total. The SMILES string of the molecule is COc1ccc(-[n+]2noc([O-])c2CNc2nc3ccc(Br)cc3s2)cc1. The summed E-state index contributed by atoms with van der Waals surface area (Å²) in [4.78, 5) is 4.52. The van der Waals surface area contributed by atoms with Crippen LogP contribution in [0.3, 0.4) is 0 Å². The Labute approximate surface area is 161 Å². The standard InChI is InChI=1S/C17H13BrN4O3S/c1-24-12-5-3-11(4-6-12)22-14(16(23)25-21-22)9-19-17-20-13-7-2-10(18)8-15(13)26-17/h2-8H,9H2,1H3,(H-,19,20,21,23). The molecule has 0 aliphatic carbocycles. The third kappa shape index (κ3) is 3.23. The van der Waals surface area contributed by atoms with Gasteiger partial charge in [-0.05, 0) is 35.0 Å². The van der Waals surface area contributed by atoms with Gasteiger partial charge in [0, 0.05) is 16.6 Å². The number of anilines is 1. The Hall–Kier alpha value is -2.65. The topological polar surface area (TPSA) is 87.1 Å². The molecule has 0 atom stereocenters. The number of fused-ring (bicyclic) bond motifs is 1. The summed E-state index contributed by atoms with van der Waals surface area (Å²) in [7, 11) is 1.60. The molecular formula is C17H13BrN4O3S. The molecule has 4 rings (SSSR count). The summed E-state index contributed by atoms with van der Waals surface area (Å²) in [6.45, 7) is 0.245. The fraction of sp³-hybridized carbons (Fsp3) is 0.118. The van der Waals surface area contributed by atoms with Crippen LogP contribution < -0.4 is 19.8 Å². The van der Waals surface area contributed by atoms with E-state index in [2.05, 4.69) is 31.5 Å². The molecule has 132 valence electrons. The van der Waals surface area contributed by atoms with Crippen molar-refractivity contribution in [3.8, 4) is 17.4 Å². The van der Waals surface area contributed by atoms with Crippen molar-refractivity contribution >= 4 is 42.6 Å². The van der Waals surface area contributed by atoms with Gasteiger partial charge in [0.2, 0.25) is 5.69 Å². The van der Waals surface area contributed by atoms with Gasteiger partial charge < -0.3 is 19.7 Å². The summed E-state index contributed by atoms with van der Waals surface area (Å²) in [5.74, 6) is 0.234. The molecule has 7 nitrogen and oxygen atoms in total. The molecule has 0 amide bonds. The molecule has 0 fully saturated rings. The number of hydrogen-bond acceptors (Lipinski definition) is 7. The number of methoxy groups -OCH3 is 1. The Morgan fingerprint density at radius 2 is 2.08 bits per heavy atom. The highest BCUT2D eigenvalue weighted by atomic mass is 79.9. The smallest absolute Gasteiger partial charge is 0.259 e. The van der Waals surface area contributed by atoms with E-state index in [-0.39, 0.29) is 6.54 Å². The van der Waals surface area contributed by atoms with Crippen molar-refractivity contribution in [2.45, 2.75) is 6.54 Å². The predicted octanol–water partition coefficient (Wildman–Crippen LogP) is 3.02. The maximum Gasteiger partial charge on any atom is 0.259 e. The second-order valence-electron chi connectivity index (χ2n) is 5.40. The van der Waals surface area contributed by atoms with Crippen LogP contribution in [0.5, 0.6) is 11.7 Å². The molecule has 0 spiro atoms. The number of nitrogens with one attached hydrogen (secondary N) is 1. The fourth-order valence-electron chi connectivity index (χ4n) is 2.47. The molecule has 0 bridgehead atoms. The average molecular weight is 433 g/mol. The lowest BCUT2D eigenvalue weighted by Gasteiger charge is -2.01. The van der Waals surface area contributed by atoms with E-state index in [9.17, 15) is 5.11 Å². The lowest BCUT2D eigenvalue weighted by Crippen LogP contribution is -2.37. The Kier molecular flexibility index (Phi) is 4.48. The Balaban J connectivity index is 1.58. The van der Waals surface area contributed by atoms with Gasteiger partial charge in [-0.1, -0.05) is 27.3 Å².